The number of phosphoric ester groups is 1. The number of nitrogens with zero attached hydrogens (tertiary/aromatic N) is 1. The molecule has 0 spiro atoms. The minimum atomic E-state index is -4.61. The third-order valence-electron chi connectivity index (χ3n) is 12.1. The molecular formula is C64H109N2O6P. The van der Waals surface area contributed by atoms with Gasteiger partial charge in [0.1, 0.15) is 13.2 Å². The van der Waals surface area contributed by atoms with Crippen LogP contribution in [0.1, 0.15) is 213 Å². The van der Waals surface area contributed by atoms with E-state index in [4.69, 9.17) is 9.05 Å². The molecule has 3 unspecified atom stereocenters. The SMILES string of the molecule is CC/C=C\C/C=C\C/C=C\C/C=C\C/C=C\C/C=C\C/C=C\C/C=C\C/C=C\C/C=C\CCCCCCC(=O)NC(COP(=O)([O-])OCC[N+](C)(C)C)C(O)/C=C/CCCCCCCCCCCCCCCC. The minimum Gasteiger partial charge on any atom is -0.756 e. The number of hydrogen-bond donors (Lipinski definition) is 2. The van der Waals surface area contributed by atoms with Crippen LogP contribution in [0.2, 0.25) is 0 Å². The largest absolute Gasteiger partial charge is 0.756 e. The highest BCUT2D eigenvalue weighted by molar-refractivity contribution is 7.45. The molecule has 0 rings (SSSR count). The van der Waals surface area contributed by atoms with Gasteiger partial charge in [0.2, 0.25) is 5.91 Å². The summed E-state index contributed by atoms with van der Waals surface area (Å²) in [5.41, 5.74) is 0. The average molecular weight is 1030 g/mol. The smallest absolute Gasteiger partial charge is 0.268 e. The highest BCUT2D eigenvalue weighted by atomic mass is 31.2. The van der Waals surface area contributed by atoms with Crippen molar-refractivity contribution in [1.82, 2.24) is 5.32 Å². The van der Waals surface area contributed by atoms with Crippen LogP contribution in [0, 0.1) is 0 Å². The van der Waals surface area contributed by atoms with Crippen molar-refractivity contribution in [2.75, 3.05) is 40.9 Å². The summed E-state index contributed by atoms with van der Waals surface area (Å²) >= 11 is 0. The van der Waals surface area contributed by atoms with Gasteiger partial charge < -0.3 is 28.8 Å². The molecule has 0 saturated carbocycles. The topological polar surface area (TPSA) is 108 Å². The summed E-state index contributed by atoms with van der Waals surface area (Å²) in [6.07, 6.45) is 80.9. The zero-order valence-corrected chi connectivity index (χ0v) is 48.2. The molecule has 0 aliphatic rings. The number of likely N-dealkylation sites (N-methyl/N-ethyl adjacent to an activating group) is 1. The summed E-state index contributed by atoms with van der Waals surface area (Å²) in [5, 5.41) is 13.8. The number of quaternary nitrogens is 1. The lowest BCUT2D eigenvalue weighted by Crippen LogP contribution is -2.45. The molecule has 0 fully saturated rings. The Bertz CT molecular complexity index is 1640. The molecule has 9 heteroatoms. The Kier molecular flexibility index (Phi) is 51.0. The minimum absolute atomic E-state index is 0.0135. The molecule has 8 nitrogen and oxygen atoms in total. The molecule has 2 N–H and O–H groups in total. The van der Waals surface area contributed by atoms with E-state index in [1.165, 1.54) is 77.0 Å². The fourth-order valence-corrected chi connectivity index (χ4v) is 8.31. The molecule has 0 aromatic rings. The van der Waals surface area contributed by atoms with Gasteiger partial charge in [0.05, 0.1) is 39.9 Å². The van der Waals surface area contributed by atoms with E-state index in [-0.39, 0.29) is 12.5 Å². The number of carbonyl (C=O) groups is 1. The van der Waals surface area contributed by atoms with Crippen LogP contribution >= 0.6 is 7.82 Å². The number of carbonyl (C=O) groups excluding carboxylic acids is 1. The predicted octanol–water partition coefficient (Wildman–Crippen LogP) is 17.3. The predicted molar refractivity (Wildman–Crippen MR) is 315 cm³/mol. The van der Waals surface area contributed by atoms with Crippen LogP contribution in [0.5, 0.6) is 0 Å². The van der Waals surface area contributed by atoms with Gasteiger partial charge >= 0.3 is 0 Å². The number of amides is 1. The Hall–Kier alpha value is -3.36. The number of aliphatic hydroxyl groups excluding tert-OH is 1. The first-order chi connectivity index (χ1) is 35.5. The highest BCUT2D eigenvalue weighted by Gasteiger charge is 2.23. The van der Waals surface area contributed by atoms with Crippen LogP contribution in [0.4, 0.5) is 0 Å². The summed E-state index contributed by atoms with van der Waals surface area (Å²) in [6.45, 7) is 4.50. The molecular weight excluding hydrogens is 924 g/mol. The van der Waals surface area contributed by atoms with Crippen molar-refractivity contribution in [3.05, 3.63) is 134 Å². The van der Waals surface area contributed by atoms with Crippen LogP contribution < -0.4 is 10.2 Å². The number of rotatable bonds is 51. The fraction of sp³-hybridized carbons (Fsp3) is 0.641. The van der Waals surface area contributed by atoms with Gasteiger partial charge in [0.15, 0.2) is 0 Å². The van der Waals surface area contributed by atoms with Crippen molar-refractivity contribution >= 4 is 13.7 Å². The lowest BCUT2D eigenvalue weighted by Gasteiger charge is -2.29. The van der Waals surface area contributed by atoms with Crippen LogP contribution in [-0.2, 0) is 18.4 Å². The lowest BCUT2D eigenvalue weighted by molar-refractivity contribution is -0.870. The van der Waals surface area contributed by atoms with Gasteiger partial charge in [-0.2, -0.15) is 0 Å². The van der Waals surface area contributed by atoms with Crippen LogP contribution in [0.3, 0.4) is 0 Å². The van der Waals surface area contributed by atoms with Gasteiger partial charge in [0.25, 0.3) is 7.82 Å². The molecule has 0 bridgehead atoms. The normalized spacial score (nSPS) is 14.9. The quantitative estimate of drug-likeness (QED) is 0.0272. The van der Waals surface area contributed by atoms with Gasteiger partial charge in [-0.25, -0.2) is 0 Å². The van der Waals surface area contributed by atoms with E-state index in [9.17, 15) is 19.4 Å². The molecule has 73 heavy (non-hydrogen) atoms. The lowest BCUT2D eigenvalue weighted by atomic mass is 10.0. The number of hydrogen-bond acceptors (Lipinski definition) is 6. The zero-order chi connectivity index (χ0) is 53.5. The number of allylic oxidation sites excluding steroid dienone is 21. The van der Waals surface area contributed by atoms with E-state index >= 15 is 0 Å². The van der Waals surface area contributed by atoms with Crippen molar-refractivity contribution in [3.8, 4) is 0 Å². The van der Waals surface area contributed by atoms with Gasteiger partial charge in [-0.3, -0.25) is 9.36 Å². The second kappa shape index (κ2) is 53.5. The van der Waals surface area contributed by atoms with E-state index in [0.717, 1.165) is 116 Å². The van der Waals surface area contributed by atoms with Gasteiger partial charge in [0, 0.05) is 6.42 Å². The molecule has 3 atom stereocenters. The molecule has 0 radical (unpaired) electrons. The first-order valence-electron chi connectivity index (χ1n) is 29.0. The third-order valence-corrected chi connectivity index (χ3v) is 13.1. The maximum atomic E-state index is 13.0. The Labute approximate surface area is 449 Å². The van der Waals surface area contributed by atoms with Crippen molar-refractivity contribution < 1.29 is 32.9 Å². The summed E-state index contributed by atoms with van der Waals surface area (Å²) < 4.78 is 23.3. The number of nitrogens with one attached hydrogen (secondary N) is 1. The second-order valence-corrected chi connectivity index (χ2v) is 21.7. The van der Waals surface area contributed by atoms with Crippen LogP contribution in [0.25, 0.3) is 0 Å². The highest BCUT2D eigenvalue weighted by Crippen LogP contribution is 2.38. The van der Waals surface area contributed by atoms with E-state index in [0.29, 0.717) is 17.4 Å². The standard InChI is InChI=1S/C64H109N2O6P/c1-6-8-10-12-14-16-18-20-22-24-25-26-27-28-29-30-31-32-33-34-35-36-37-38-39-40-41-42-44-46-48-50-52-54-56-58-64(68)65-62(61-72-73(69,70)71-60-59-66(3,4)5)63(67)57-55-53-51-49-47-45-43-23-21-19-17-15-13-11-9-7-2/h8,10,14,16,20,22,25-26,28-29,31-32,34-35,37-38,40-41,44,46,55,57,62-63,67H,6-7,9,11-13,15,17-19,21,23-24,27,30,33,36,39,42-43,45,47-54,56,58-61H2,1-5H3,(H-,65,68,69,70)/b10-8-,16-14-,22-20-,26-25-,29-28-,32-31-,35-34-,38-37-,41-40-,46-44-,57-55+. The zero-order valence-electron chi connectivity index (χ0n) is 47.3. The Morgan fingerprint density at radius 2 is 0.836 bits per heavy atom. The summed E-state index contributed by atoms with van der Waals surface area (Å²) in [5.74, 6) is -0.227. The maximum Gasteiger partial charge on any atom is 0.268 e. The third kappa shape index (κ3) is 56.2. The fourth-order valence-electron chi connectivity index (χ4n) is 7.59. The molecule has 0 aromatic carbocycles. The first-order valence-corrected chi connectivity index (χ1v) is 30.5. The Morgan fingerprint density at radius 3 is 1.22 bits per heavy atom. The van der Waals surface area contributed by atoms with Crippen molar-refractivity contribution in [2.24, 2.45) is 0 Å². The van der Waals surface area contributed by atoms with Gasteiger partial charge in [-0.1, -0.05) is 244 Å². The van der Waals surface area contributed by atoms with E-state index in [1.54, 1.807) is 6.08 Å². The Balaban J connectivity index is 4.28. The summed E-state index contributed by atoms with van der Waals surface area (Å²) in [7, 11) is 1.22. The number of aliphatic hydroxyl groups is 1. The molecule has 0 aliphatic carbocycles. The molecule has 0 heterocycles. The van der Waals surface area contributed by atoms with Crippen molar-refractivity contribution in [2.45, 2.75) is 225 Å². The molecule has 416 valence electrons. The maximum absolute atomic E-state index is 13.0. The second-order valence-electron chi connectivity index (χ2n) is 20.3. The summed E-state index contributed by atoms with van der Waals surface area (Å²) in [4.78, 5) is 25.5. The number of phosphoric acid groups is 1. The monoisotopic (exact) mass is 1030 g/mol. The van der Waals surface area contributed by atoms with Crippen LogP contribution in [0.15, 0.2) is 134 Å². The van der Waals surface area contributed by atoms with E-state index in [2.05, 4.69) is 141 Å². The van der Waals surface area contributed by atoms with E-state index < -0.39 is 26.6 Å². The average Bonchev–Trinajstić information content (AvgIpc) is 3.35. The Morgan fingerprint density at radius 1 is 0.493 bits per heavy atom. The molecule has 0 aliphatic heterocycles. The molecule has 1 amide bonds. The first kappa shape index (κ1) is 69.6. The molecule has 0 aromatic heterocycles. The van der Waals surface area contributed by atoms with Gasteiger partial charge in [-0.05, 0) is 96.3 Å². The van der Waals surface area contributed by atoms with Crippen molar-refractivity contribution in [1.29, 1.82) is 0 Å². The summed E-state index contributed by atoms with van der Waals surface area (Å²) in [6, 6.07) is -0.910. The van der Waals surface area contributed by atoms with Gasteiger partial charge in [-0.15, -0.1) is 0 Å². The van der Waals surface area contributed by atoms with E-state index in [1.807, 2.05) is 27.2 Å². The molecule has 0 saturated heterocycles. The van der Waals surface area contributed by atoms with Crippen molar-refractivity contribution in [3.63, 3.8) is 0 Å². The van der Waals surface area contributed by atoms with Crippen LogP contribution in [-0.4, -0.2) is 68.5 Å². The number of unbranched alkanes of at least 4 members (excludes halogenated alkanes) is 18.